The van der Waals surface area contributed by atoms with Crippen LogP contribution in [0.4, 0.5) is 0 Å². The van der Waals surface area contributed by atoms with Crippen LogP contribution in [0.2, 0.25) is 0 Å². The van der Waals surface area contributed by atoms with E-state index in [4.69, 9.17) is 10.2 Å². The number of carbonyl (C=O) groups is 1. The van der Waals surface area contributed by atoms with Crippen LogP contribution in [0.1, 0.15) is 45.2 Å². The molecule has 5 aromatic rings. The molecule has 3 aromatic carbocycles. The monoisotopic (exact) mass is 436 g/mol. The minimum Gasteiger partial charge on any atom is -0.446 e. The van der Waals surface area contributed by atoms with Gasteiger partial charge in [-0.15, -0.1) is 0 Å². The molecule has 5 rings (SSSR count). The number of oxazole rings is 1. The summed E-state index contributed by atoms with van der Waals surface area (Å²) in [5.74, 6) is 0.0170. The molecule has 6 nitrogen and oxygen atoms in total. The third kappa shape index (κ3) is 4.42. The van der Waals surface area contributed by atoms with Crippen molar-refractivity contribution in [1.82, 2.24) is 15.3 Å². The quantitative estimate of drug-likeness (QED) is 0.337. The van der Waals surface area contributed by atoms with E-state index >= 15 is 0 Å². The van der Waals surface area contributed by atoms with Crippen molar-refractivity contribution >= 4 is 16.8 Å². The molecule has 1 unspecified atom stereocenters. The molecule has 0 aliphatic heterocycles. The molecule has 6 heteroatoms. The SMILES string of the molecule is NC(Cc1c[nH]c2ccccc12)c1nc(C(=O)NC(c2ccccc2)c2ccccc2)co1. The Bertz CT molecular complexity index is 1320. The highest BCUT2D eigenvalue weighted by atomic mass is 16.3. The Balaban J connectivity index is 1.33. The van der Waals surface area contributed by atoms with Crippen LogP contribution in [-0.2, 0) is 6.42 Å². The van der Waals surface area contributed by atoms with Crippen LogP contribution < -0.4 is 11.1 Å². The van der Waals surface area contributed by atoms with Crippen molar-refractivity contribution in [1.29, 1.82) is 0 Å². The minimum absolute atomic E-state index is 0.205. The molecule has 0 saturated heterocycles. The number of fused-ring (bicyclic) bond motifs is 1. The van der Waals surface area contributed by atoms with Crippen molar-refractivity contribution in [3.05, 3.63) is 126 Å². The Labute approximate surface area is 191 Å². The van der Waals surface area contributed by atoms with Crippen LogP contribution in [0.3, 0.4) is 0 Å². The summed E-state index contributed by atoms with van der Waals surface area (Å²) in [6.07, 6.45) is 3.86. The summed E-state index contributed by atoms with van der Waals surface area (Å²) in [4.78, 5) is 20.7. The predicted molar refractivity (Wildman–Crippen MR) is 128 cm³/mol. The van der Waals surface area contributed by atoms with Crippen LogP contribution in [0.5, 0.6) is 0 Å². The summed E-state index contributed by atoms with van der Waals surface area (Å²) in [6, 6.07) is 27.0. The maximum Gasteiger partial charge on any atom is 0.273 e. The van der Waals surface area contributed by atoms with Crippen molar-refractivity contribution in [2.45, 2.75) is 18.5 Å². The molecule has 0 radical (unpaired) electrons. The molecule has 1 atom stereocenters. The number of nitrogens with two attached hydrogens (primary N) is 1. The standard InChI is InChI=1S/C27H24N4O2/c28-22(15-20-16-29-23-14-8-7-13-21(20)23)27-30-24(17-33-27)26(32)31-25(18-9-3-1-4-10-18)19-11-5-2-6-12-19/h1-14,16-17,22,25,29H,15,28H2,(H,31,32). The van der Waals surface area contributed by atoms with E-state index in [2.05, 4.69) is 21.4 Å². The summed E-state index contributed by atoms with van der Waals surface area (Å²) in [7, 11) is 0. The van der Waals surface area contributed by atoms with Crippen molar-refractivity contribution in [2.75, 3.05) is 0 Å². The molecule has 0 spiro atoms. The van der Waals surface area contributed by atoms with Gasteiger partial charge in [-0.3, -0.25) is 4.79 Å². The third-order valence-electron chi connectivity index (χ3n) is 5.73. The lowest BCUT2D eigenvalue weighted by Gasteiger charge is -2.19. The first kappa shape index (κ1) is 20.7. The second-order valence-corrected chi connectivity index (χ2v) is 7.97. The molecule has 0 aliphatic carbocycles. The largest absolute Gasteiger partial charge is 0.446 e. The Morgan fingerprint density at radius 1 is 0.939 bits per heavy atom. The first-order valence-corrected chi connectivity index (χ1v) is 10.9. The maximum atomic E-state index is 13.1. The highest BCUT2D eigenvalue weighted by Gasteiger charge is 2.22. The molecular weight excluding hydrogens is 412 g/mol. The number of aromatic nitrogens is 2. The van der Waals surface area contributed by atoms with Crippen molar-refractivity contribution in [2.24, 2.45) is 5.73 Å². The fraction of sp³-hybridized carbons (Fsp3) is 0.111. The van der Waals surface area contributed by atoms with Crippen molar-refractivity contribution < 1.29 is 9.21 Å². The lowest BCUT2D eigenvalue weighted by atomic mass is 9.98. The molecular formula is C27H24N4O2. The summed E-state index contributed by atoms with van der Waals surface area (Å²) in [5, 5.41) is 4.20. The maximum absolute atomic E-state index is 13.1. The molecule has 33 heavy (non-hydrogen) atoms. The highest BCUT2D eigenvalue weighted by Crippen LogP contribution is 2.24. The average molecular weight is 437 g/mol. The zero-order valence-corrected chi connectivity index (χ0v) is 17.9. The number of hydrogen-bond acceptors (Lipinski definition) is 4. The zero-order valence-electron chi connectivity index (χ0n) is 17.9. The lowest BCUT2D eigenvalue weighted by Crippen LogP contribution is -2.29. The molecule has 0 fully saturated rings. The fourth-order valence-corrected chi connectivity index (χ4v) is 4.04. The molecule has 0 saturated carbocycles. The number of aromatic amines is 1. The topological polar surface area (TPSA) is 96.9 Å². The first-order chi connectivity index (χ1) is 16.2. The Hall–Kier alpha value is -4.16. The lowest BCUT2D eigenvalue weighted by molar-refractivity contribution is 0.0938. The van der Waals surface area contributed by atoms with Gasteiger partial charge in [-0.1, -0.05) is 78.9 Å². The third-order valence-corrected chi connectivity index (χ3v) is 5.73. The molecule has 4 N–H and O–H groups in total. The molecule has 0 aliphatic rings. The summed E-state index contributed by atoms with van der Waals surface area (Å²) < 4.78 is 5.59. The molecule has 2 aromatic heterocycles. The number of benzene rings is 3. The van der Waals surface area contributed by atoms with E-state index in [1.165, 1.54) is 6.26 Å². The number of hydrogen-bond donors (Lipinski definition) is 3. The van der Waals surface area contributed by atoms with Gasteiger partial charge in [0.2, 0.25) is 5.89 Å². The molecule has 0 bridgehead atoms. The van der Waals surface area contributed by atoms with Crippen LogP contribution in [0, 0.1) is 0 Å². The second kappa shape index (κ2) is 9.14. The van der Waals surface area contributed by atoms with Gasteiger partial charge in [0.25, 0.3) is 5.91 Å². The van der Waals surface area contributed by atoms with Gasteiger partial charge in [0.05, 0.1) is 12.1 Å². The van der Waals surface area contributed by atoms with Crippen LogP contribution in [-0.4, -0.2) is 15.9 Å². The van der Waals surface area contributed by atoms with Crippen LogP contribution in [0.15, 0.2) is 102 Å². The molecule has 164 valence electrons. The number of para-hydroxylation sites is 1. The zero-order chi connectivity index (χ0) is 22.6. The number of carbonyl (C=O) groups excluding carboxylic acids is 1. The van der Waals surface area contributed by atoms with Gasteiger partial charge < -0.3 is 20.5 Å². The number of nitrogens with one attached hydrogen (secondary N) is 2. The highest BCUT2D eigenvalue weighted by molar-refractivity contribution is 5.92. The number of nitrogens with zero attached hydrogens (tertiary/aromatic N) is 1. The van der Waals surface area contributed by atoms with Gasteiger partial charge in [0, 0.05) is 17.1 Å². The van der Waals surface area contributed by atoms with Gasteiger partial charge in [-0.2, -0.15) is 0 Å². The summed E-state index contributed by atoms with van der Waals surface area (Å²) in [5.41, 5.74) is 10.7. The Morgan fingerprint density at radius 2 is 1.58 bits per heavy atom. The predicted octanol–water partition coefficient (Wildman–Crippen LogP) is 4.92. The number of amides is 1. The second-order valence-electron chi connectivity index (χ2n) is 7.97. The average Bonchev–Trinajstić information content (AvgIpc) is 3.52. The first-order valence-electron chi connectivity index (χ1n) is 10.9. The number of H-pyrrole nitrogens is 1. The summed E-state index contributed by atoms with van der Waals surface area (Å²) in [6.45, 7) is 0. The van der Waals surface area contributed by atoms with E-state index < -0.39 is 6.04 Å². The van der Waals surface area contributed by atoms with Crippen molar-refractivity contribution in [3.63, 3.8) is 0 Å². The Morgan fingerprint density at radius 3 is 2.27 bits per heavy atom. The van der Waals surface area contributed by atoms with E-state index in [1.54, 1.807) is 0 Å². The van der Waals surface area contributed by atoms with Gasteiger partial charge in [-0.05, 0) is 29.2 Å². The number of rotatable bonds is 7. The Kier molecular flexibility index (Phi) is 5.74. The van der Waals surface area contributed by atoms with Crippen molar-refractivity contribution in [3.8, 4) is 0 Å². The van der Waals surface area contributed by atoms with Gasteiger partial charge in [0.1, 0.15) is 6.26 Å². The molecule has 2 heterocycles. The van der Waals surface area contributed by atoms with E-state index in [9.17, 15) is 4.79 Å². The fourth-order valence-electron chi connectivity index (χ4n) is 4.04. The van der Waals surface area contributed by atoms with Crippen LogP contribution >= 0.6 is 0 Å². The van der Waals surface area contributed by atoms with Gasteiger partial charge in [0.15, 0.2) is 5.69 Å². The van der Waals surface area contributed by atoms with Gasteiger partial charge >= 0.3 is 0 Å². The van der Waals surface area contributed by atoms with E-state index in [1.807, 2.05) is 85.1 Å². The van der Waals surface area contributed by atoms with Gasteiger partial charge in [-0.25, -0.2) is 4.98 Å². The summed E-state index contributed by atoms with van der Waals surface area (Å²) >= 11 is 0. The minimum atomic E-state index is -0.468. The van der Waals surface area contributed by atoms with Crippen LogP contribution in [0.25, 0.3) is 10.9 Å². The molecule has 1 amide bonds. The van der Waals surface area contributed by atoms with E-state index in [0.717, 1.165) is 27.6 Å². The van der Waals surface area contributed by atoms with E-state index in [-0.39, 0.29) is 17.6 Å². The van der Waals surface area contributed by atoms with E-state index in [0.29, 0.717) is 12.3 Å². The normalized spacial score (nSPS) is 12.2. The smallest absolute Gasteiger partial charge is 0.273 e.